The van der Waals surface area contributed by atoms with Crippen LogP contribution in [0.5, 0.6) is 0 Å². The zero-order valence-corrected chi connectivity index (χ0v) is 10.3. The van der Waals surface area contributed by atoms with Crippen molar-refractivity contribution in [3.63, 3.8) is 0 Å². The highest BCUT2D eigenvalue weighted by Crippen LogP contribution is 2.09. The van der Waals surface area contributed by atoms with Gasteiger partial charge in [0.1, 0.15) is 0 Å². The highest BCUT2D eigenvalue weighted by molar-refractivity contribution is 5.66. The summed E-state index contributed by atoms with van der Waals surface area (Å²) in [7, 11) is 3.86. The lowest BCUT2D eigenvalue weighted by Gasteiger charge is -2.22. The molecule has 0 aliphatic rings. The molecule has 96 valence electrons. The van der Waals surface area contributed by atoms with Gasteiger partial charge >= 0.3 is 5.97 Å². The lowest BCUT2D eigenvalue weighted by Crippen LogP contribution is -2.36. The molecule has 0 aliphatic heterocycles. The molecule has 0 fully saturated rings. The summed E-state index contributed by atoms with van der Waals surface area (Å²) >= 11 is 0. The summed E-state index contributed by atoms with van der Waals surface area (Å²) in [4.78, 5) is 16.6. The molecular weight excluding hydrogens is 220 g/mol. The van der Waals surface area contributed by atoms with Crippen LogP contribution in [0.4, 0.5) is 5.95 Å². The van der Waals surface area contributed by atoms with Gasteiger partial charge in [-0.25, -0.2) is 4.98 Å². The van der Waals surface area contributed by atoms with Crippen molar-refractivity contribution >= 4 is 11.9 Å². The van der Waals surface area contributed by atoms with E-state index in [0.29, 0.717) is 19.4 Å². The molecule has 3 N–H and O–H groups in total. The van der Waals surface area contributed by atoms with Gasteiger partial charge in [0.25, 0.3) is 0 Å². The van der Waals surface area contributed by atoms with Crippen LogP contribution in [0.3, 0.4) is 0 Å². The van der Waals surface area contributed by atoms with E-state index in [1.807, 2.05) is 29.8 Å². The number of aromatic nitrogens is 2. The van der Waals surface area contributed by atoms with Gasteiger partial charge in [0.05, 0.1) is 0 Å². The number of carboxylic acids is 1. The summed E-state index contributed by atoms with van der Waals surface area (Å²) in [5, 5.41) is 8.53. The van der Waals surface area contributed by atoms with Gasteiger partial charge in [0.15, 0.2) is 0 Å². The van der Waals surface area contributed by atoms with Crippen molar-refractivity contribution in [3.05, 3.63) is 12.4 Å². The molecule has 0 aliphatic carbocycles. The van der Waals surface area contributed by atoms with Crippen LogP contribution in [0.1, 0.15) is 19.3 Å². The number of rotatable bonds is 7. The zero-order valence-electron chi connectivity index (χ0n) is 10.3. The number of nitrogens with two attached hydrogens (primary N) is 1. The Labute approximate surface area is 101 Å². The second kappa shape index (κ2) is 6.24. The highest BCUT2D eigenvalue weighted by Gasteiger charge is 2.11. The molecule has 0 aromatic carbocycles. The predicted molar refractivity (Wildman–Crippen MR) is 65.9 cm³/mol. The molecule has 0 saturated carbocycles. The standard InChI is InChI=1S/C11H20N4O2/c1-14-7-6-13-11(14)15(2)8-9(12)4-3-5-10(16)17/h6-7,9H,3-5,8,12H2,1-2H3,(H,16,17). The Kier molecular flexibility index (Phi) is 4.96. The van der Waals surface area contributed by atoms with E-state index in [1.54, 1.807) is 6.20 Å². The Morgan fingerprint density at radius 1 is 1.71 bits per heavy atom. The van der Waals surface area contributed by atoms with E-state index in [2.05, 4.69) is 4.98 Å². The topological polar surface area (TPSA) is 84.4 Å². The van der Waals surface area contributed by atoms with E-state index >= 15 is 0 Å². The van der Waals surface area contributed by atoms with Crippen molar-refractivity contribution in [3.8, 4) is 0 Å². The maximum atomic E-state index is 10.4. The number of hydrogen-bond donors (Lipinski definition) is 2. The Bertz CT molecular complexity index is 364. The second-order valence-electron chi connectivity index (χ2n) is 4.26. The molecule has 0 bridgehead atoms. The van der Waals surface area contributed by atoms with Crippen LogP contribution in [0.15, 0.2) is 12.4 Å². The summed E-state index contributed by atoms with van der Waals surface area (Å²) in [6.07, 6.45) is 5.12. The Hall–Kier alpha value is -1.56. The summed E-state index contributed by atoms with van der Waals surface area (Å²) in [5.74, 6) is 0.0911. The zero-order chi connectivity index (χ0) is 12.8. The van der Waals surface area contributed by atoms with Crippen molar-refractivity contribution in [2.75, 3.05) is 18.5 Å². The molecule has 1 aromatic rings. The number of aryl methyl sites for hydroxylation is 1. The van der Waals surface area contributed by atoms with Gasteiger partial charge in [-0.05, 0) is 12.8 Å². The maximum absolute atomic E-state index is 10.4. The lowest BCUT2D eigenvalue weighted by molar-refractivity contribution is -0.137. The summed E-state index contributed by atoms with van der Waals surface area (Å²) in [6, 6.07) is -0.0314. The van der Waals surface area contributed by atoms with Gasteiger partial charge in [0, 0.05) is 45.5 Å². The third kappa shape index (κ3) is 4.44. The fourth-order valence-corrected chi connectivity index (χ4v) is 1.77. The van der Waals surface area contributed by atoms with Crippen molar-refractivity contribution in [2.24, 2.45) is 12.8 Å². The largest absolute Gasteiger partial charge is 0.481 e. The van der Waals surface area contributed by atoms with E-state index in [1.165, 1.54) is 0 Å². The quantitative estimate of drug-likeness (QED) is 0.722. The summed E-state index contributed by atoms with van der Waals surface area (Å²) in [6.45, 7) is 0.671. The van der Waals surface area contributed by atoms with E-state index in [-0.39, 0.29) is 12.5 Å². The van der Waals surface area contributed by atoms with E-state index in [0.717, 1.165) is 5.95 Å². The number of hydrogen-bond acceptors (Lipinski definition) is 4. The van der Waals surface area contributed by atoms with Crippen LogP contribution in [-0.4, -0.2) is 40.3 Å². The summed E-state index contributed by atoms with van der Waals surface area (Å²) < 4.78 is 1.92. The van der Waals surface area contributed by atoms with Crippen LogP contribution in [-0.2, 0) is 11.8 Å². The molecule has 17 heavy (non-hydrogen) atoms. The van der Waals surface area contributed by atoms with Gasteiger partial charge in [-0.1, -0.05) is 0 Å². The smallest absolute Gasteiger partial charge is 0.303 e. The van der Waals surface area contributed by atoms with Crippen LogP contribution in [0.25, 0.3) is 0 Å². The van der Waals surface area contributed by atoms with Crippen LogP contribution in [0.2, 0.25) is 0 Å². The minimum absolute atomic E-state index is 0.0314. The fraction of sp³-hybridized carbons (Fsp3) is 0.636. The van der Waals surface area contributed by atoms with Crippen LogP contribution < -0.4 is 10.6 Å². The number of carboxylic acid groups (broad SMARTS) is 1. The minimum atomic E-state index is -0.769. The Morgan fingerprint density at radius 2 is 2.41 bits per heavy atom. The number of anilines is 1. The van der Waals surface area contributed by atoms with Gasteiger partial charge in [-0.3, -0.25) is 4.79 Å². The number of aliphatic carboxylic acids is 1. The molecule has 0 spiro atoms. The number of nitrogens with zero attached hydrogens (tertiary/aromatic N) is 3. The molecule has 1 unspecified atom stereocenters. The van der Waals surface area contributed by atoms with Gasteiger partial charge in [-0.15, -0.1) is 0 Å². The average molecular weight is 240 g/mol. The number of likely N-dealkylation sites (N-methyl/N-ethyl adjacent to an activating group) is 1. The normalized spacial score (nSPS) is 12.4. The Balaban J connectivity index is 2.33. The summed E-state index contributed by atoms with van der Waals surface area (Å²) in [5.41, 5.74) is 5.95. The molecule has 6 heteroatoms. The van der Waals surface area contributed by atoms with Gasteiger partial charge < -0.3 is 20.3 Å². The minimum Gasteiger partial charge on any atom is -0.481 e. The molecule has 1 rings (SSSR count). The SMILES string of the molecule is CN(CC(N)CCCC(=O)O)c1nccn1C. The van der Waals surface area contributed by atoms with E-state index in [4.69, 9.17) is 10.8 Å². The molecule has 1 aromatic heterocycles. The lowest BCUT2D eigenvalue weighted by atomic mass is 10.1. The molecule has 0 saturated heterocycles. The van der Waals surface area contributed by atoms with E-state index < -0.39 is 5.97 Å². The first-order valence-electron chi connectivity index (χ1n) is 5.66. The third-order valence-corrected chi connectivity index (χ3v) is 2.61. The molecule has 1 atom stereocenters. The first-order chi connectivity index (χ1) is 8.00. The number of imidazole rings is 1. The molecule has 0 radical (unpaired) electrons. The van der Waals surface area contributed by atoms with Crippen molar-refractivity contribution in [1.82, 2.24) is 9.55 Å². The molecule has 0 amide bonds. The number of carbonyl (C=O) groups is 1. The highest BCUT2D eigenvalue weighted by atomic mass is 16.4. The van der Waals surface area contributed by atoms with E-state index in [9.17, 15) is 4.79 Å². The first kappa shape index (κ1) is 13.5. The molecule has 6 nitrogen and oxygen atoms in total. The fourth-order valence-electron chi connectivity index (χ4n) is 1.77. The second-order valence-corrected chi connectivity index (χ2v) is 4.26. The first-order valence-corrected chi connectivity index (χ1v) is 5.66. The molecule has 1 heterocycles. The van der Waals surface area contributed by atoms with Crippen molar-refractivity contribution in [1.29, 1.82) is 0 Å². The van der Waals surface area contributed by atoms with Gasteiger partial charge in [-0.2, -0.15) is 0 Å². The third-order valence-electron chi connectivity index (χ3n) is 2.61. The van der Waals surface area contributed by atoms with Gasteiger partial charge in [0.2, 0.25) is 5.95 Å². The average Bonchev–Trinajstić information content (AvgIpc) is 2.63. The monoisotopic (exact) mass is 240 g/mol. The maximum Gasteiger partial charge on any atom is 0.303 e. The Morgan fingerprint density at radius 3 is 2.94 bits per heavy atom. The van der Waals surface area contributed by atoms with Crippen LogP contribution >= 0.6 is 0 Å². The van der Waals surface area contributed by atoms with Crippen molar-refractivity contribution in [2.45, 2.75) is 25.3 Å². The predicted octanol–water partition coefficient (Wildman–Crippen LogP) is 0.438. The van der Waals surface area contributed by atoms with Crippen LogP contribution in [0, 0.1) is 0 Å². The molecular formula is C11H20N4O2. The van der Waals surface area contributed by atoms with Crippen molar-refractivity contribution < 1.29 is 9.90 Å².